The maximum Gasteiger partial charge on any atom is 0.274 e. The molecule has 1 amide bonds. The van der Waals surface area contributed by atoms with Crippen LogP contribution in [0.3, 0.4) is 0 Å². The molecule has 1 saturated heterocycles. The van der Waals surface area contributed by atoms with E-state index in [2.05, 4.69) is 23.9 Å². The van der Waals surface area contributed by atoms with Crippen molar-refractivity contribution in [2.75, 3.05) is 51.3 Å². The van der Waals surface area contributed by atoms with Crippen molar-refractivity contribution in [3.63, 3.8) is 0 Å². The first-order valence-corrected chi connectivity index (χ1v) is 9.38. The van der Waals surface area contributed by atoms with Gasteiger partial charge in [-0.25, -0.2) is 0 Å². The fourth-order valence-corrected chi connectivity index (χ4v) is 3.80. The number of fused-ring (bicyclic) bond motifs is 1. The van der Waals surface area contributed by atoms with Crippen LogP contribution in [0.2, 0.25) is 0 Å². The number of nitrogens with zero attached hydrogens (tertiary/aromatic N) is 4. The zero-order chi connectivity index (χ0) is 17.9. The number of amides is 1. The minimum atomic E-state index is -0.192. The van der Waals surface area contributed by atoms with Gasteiger partial charge in [-0.1, -0.05) is 12.1 Å². The van der Waals surface area contributed by atoms with Gasteiger partial charge in [-0.15, -0.1) is 0 Å². The van der Waals surface area contributed by atoms with Crippen LogP contribution in [0.4, 0.5) is 5.82 Å². The second-order valence-corrected chi connectivity index (χ2v) is 6.83. The average Bonchev–Trinajstić information content (AvgIpc) is 3.18. The number of piperazine rings is 1. The molecule has 26 heavy (non-hydrogen) atoms. The minimum absolute atomic E-state index is 0.0267. The van der Waals surface area contributed by atoms with E-state index in [1.54, 1.807) is 7.05 Å². The molecule has 0 radical (unpaired) electrons. The summed E-state index contributed by atoms with van der Waals surface area (Å²) in [7, 11) is 1.60. The van der Waals surface area contributed by atoms with E-state index in [-0.39, 0.29) is 12.0 Å². The summed E-state index contributed by atoms with van der Waals surface area (Å²) in [6, 6.07) is 7.77. The SMILES string of the molecule is CNC(=O)c1nsnc1N1CCN(CC2COc3ccccc3O2)CC1. The van der Waals surface area contributed by atoms with Crippen LogP contribution in [0.5, 0.6) is 11.5 Å². The van der Waals surface area contributed by atoms with Crippen LogP contribution in [0.1, 0.15) is 10.5 Å². The molecule has 0 aliphatic carbocycles. The Labute approximate surface area is 156 Å². The van der Waals surface area contributed by atoms with Crippen LogP contribution < -0.4 is 19.7 Å². The van der Waals surface area contributed by atoms with E-state index in [0.29, 0.717) is 18.1 Å². The fourth-order valence-electron chi connectivity index (χ4n) is 3.24. The van der Waals surface area contributed by atoms with Crippen molar-refractivity contribution < 1.29 is 14.3 Å². The summed E-state index contributed by atoms with van der Waals surface area (Å²) >= 11 is 1.07. The molecule has 1 fully saturated rings. The van der Waals surface area contributed by atoms with Gasteiger partial charge < -0.3 is 19.7 Å². The Hall–Kier alpha value is -2.39. The summed E-state index contributed by atoms with van der Waals surface area (Å²) in [4.78, 5) is 16.4. The van der Waals surface area contributed by atoms with Gasteiger partial charge in [-0.3, -0.25) is 9.69 Å². The van der Waals surface area contributed by atoms with Gasteiger partial charge in [-0.05, 0) is 12.1 Å². The summed E-state index contributed by atoms with van der Waals surface area (Å²) in [5.74, 6) is 2.11. The number of para-hydroxylation sites is 2. The summed E-state index contributed by atoms with van der Waals surface area (Å²) < 4.78 is 20.3. The van der Waals surface area contributed by atoms with E-state index in [0.717, 1.165) is 56.0 Å². The molecule has 3 heterocycles. The predicted molar refractivity (Wildman–Crippen MR) is 98.3 cm³/mol. The van der Waals surface area contributed by atoms with Gasteiger partial charge in [0.2, 0.25) is 0 Å². The Balaban J connectivity index is 1.32. The fraction of sp³-hybridized carbons (Fsp3) is 0.471. The maximum absolute atomic E-state index is 11.9. The number of anilines is 1. The quantitative estimate of drug-likeness (QED) is 0.849. The first kappa shape index (κ1) is 17.0. The molecule has 8 nitrogen and oxygen atoms in total. The molecule has 0 bridgehead atoms. The number of ether oxygens (including phenoxy) is 2. The highest BCUT2D eigenvalue weighted by Gasteiger charge is 2.28. The number of benzene rings is 1. The summed E-state index contributed by atoms with van der Waals surface area (Å²) in [6.45, 7) is 4.76. The predicted octanol–water partition coefficient (Wildman–Crippen LogP) is 0.860. The van der Waals surface area contributed by atoms with Crippen LogP contribution in [0.25, 0.3) is 0 Å². The molecular weight excluding hydrogens is 354 g/mol. The highest BCUT2D eigenvalue weighted by atomic mass is 32.1. The van der Waals surface area contributed by atoms with E-state index < -0.39 is 0 Å². The molecule has 2 aliphatic rings. The van der Waals surface area contributed by atoms with Crippen molar-refractivity contribution in [2.24, 2.45) is 0 Å². The van der Waals surface area contributed by atoms with Crippen molar-refractivity contribution in [3.8, 4) is 11.5 Å². The molecule has 1 aromatic carbocycles. The molecular formula is C17H21N5O3S. The van der Waals surface area contributed by atoms with Crippen molar-refractivity contribution in [1.29, 1.82) is 0 Å². The lowest BCUT2D eigenvalue weighted by Crippen LogP contribution is -2.51. The lowest BCUT2D eigenvalue weighted by atomic mass is 10.2. The van der Waals surface area contributed by atoms with Crippen molar-refractivity contribution in [2.45, 2.75) is 6.10 Å². The van der Waals surface area contributed by atoms with E-state index in [9.17, 15) is 4.79 Å². The van der Waals surface area contributed by atoms with Crippen molar-refractivity contribution in [3.05, 3.63) is 30.0 Å². The highest BCUT2D eigenvalue weighted by molar-refractivity contribution is 6.99. The van der Waals surface area contributed by atoms with E-state index in [1.807, 2.05) is 24.3 Å². The Morgan fingerprint density at radius 1 is 1.23 bits per heavy atom. The first-order chi connectivity index (χ1) is 12.7. The smallest absolute Gasteiger partial charge is 0.274 e. The van der Waals surface area contributed by atoms with Crippen LogP contribution in [0.15, 0.2) is 24.3 Å². The summed E-state index contributed by atoms with van der Waals surface area (Å²) in [5.41, 5.74) is 0.409. The molecule has 1 N–H and O–H groups in total. The summed E-state index contributed by atoms with van der Waals surface area (Å²) in [6.07, 6.45) is 0.0267. The molecule has 2 aromatic rings. The number of rotatable bonds is 4. The minimum Gasteiger partial charge on any atom is -0.486 e. The number of carbonyl (C=O) groups is 1. The van der Waals surface area contributed by atoms with Gasteiger partial charge in [-0.2, -0.15) is 8.75 Å². The van der Waals surface area contributed by atoms with E-state index in [4.69, 9.17) is 9.47 Å². The average molecular weight is 375 g/mol. The topological polar surface area (TPSA) is 79.8 Å². The second-order valence-electron chi connectivity index (χ2n) is 6.30. The highest BCUT2D eigenvalue weighted by Crippen LogP contribution is 2.31. The third kappa shape index (κ3) is 3.45. The van der Waals surface area contributed by atoms with Crippen LogP contribution in [-0.4, -0.2) is 72.0 Å². The second kappa shape index (κ2) is 7.46. The van der Waals surface area contributed by atoms with E-state index in [1.165, 1.54) is 0 Å². The van der Waals surface area contributed by atoms with Crippen molar-refractivity contribution >= 4 is 23.5 Å². The molecule has 9 heteroatoms. The molecule has 1 atom stereocenters. The third-order valence-electron chi connectivity index (χ3n) is 4.61. The number of carbonyl (C=O) groups excluding carboxylic acids is 1. The normalized spacial score (nSPS) is 20.0. The number of aromatic nitrogens is 2. The van der Waals surface area contributed by atoms with Crippen LogP contribution in [0, 0.1) is 0 Å². The first-order valence-electron chi connectivity index (χ1n) is 8.65. The molecule has 1 unspecified atom stereocenters. The van der Waals surface area contributed by atoms with Crippen LogP contribution in [-0.2, 0) is 0 Å². The Kier molecular flexibility index (Phi) is 4.89. The zero-order valence-corrected chi connectivity index (χ0v) is 15.4. The monoisotopic (exact) mass is 375 g/mol. The van der Waals surface area contributed by atoms with Crippen molar-refractivity contribution in [1.82, 2.24) is 19.0 Å². The molecule has 2 aliphatic heterocycles. The largest absolute Gasteiger partial charge is 0.486 e. The standard InChI is InChI=1S/C17H21N5O3S/c1-18-17(23)15-16(20-26-19-15)22-8-6-21(7-9-22)10-12-11-24-13-4-2-3-5-14(13)25-12/h2-5,12H,6-11H2,1H3,(H,18,23). The maximum atomic E-state index is 11.9. The molecule has 1 aromatic heterocycles. The summed E-state index contributed by atoms with van der Waals surface area (Å²) in [5, 5.41) is 2.62. The van der Waals surface area contributed by atoms with E-state index >= 15 is 0 Å². The van der Waals surface area contributed by atoms with Gasteiger partial charge in [0.1, 0.15) is 12.7 Å². The van der Waals surface area contributed by atoms with Gasteiger partial charge in [0, 0.05) is 39.8 Å². The Bertz CT molecular complexity index is 775. The number of hydrogen-bond donors (Lipinski definition) is 1. The molecule has 4 rings (SSSR count). The van der Waals surface area contributed by atoms with Gasteiger partial charge in [0.15, 0.2) is 23.0 Å². The van der Waals surface area contributed by atoms with Gasteiger partial charge in [0.25, 0.3) is 5.91 Å². The number of nitrogens with one attached hydrogen (secondary N) is 1. The molecule has 0 spiro atoms. The lowest BCUT2D eigenvalue weighted by molar-refractivity contribution is 0.0571. The third-order valence-corrected chi connectivity index (χ3v) is 5.13. The molecule has 138 valence electrons. The molecule has 0 saturated carbocycles. The Morgan fingerprint density at radius 2 is 2.00 bits per heavy atom. The Morgan fingerprint density at radius 3 is 2.77 bits per heavy atom. The zero-order valence-electron chi connectivity index (χ0n) is 14.6. The van der Waals surface area contributed by atoms with Crippen LogP contribution >= 0.6 is 11.7 Å². The van der Waals surface area contributed by atoms with Gasteiger partial charge >= 0.3 is 0 Å². The lowest BCUT2D eigenvalue weighted by Gasteiger charge is -2.37. The number of hydrogen-bond acceptors (Lipinski definition) is 8. The van der Waals surface area contributed by atoms with Gasteiger partial charge in [0.05, 0.1) is 11.7 Å².